The van der Waals surface area contributed by atoms with Crippen LogP contribution in [0.25, 0.3) is 0 Å². The molecule has 0 radical (unpaired) electrons. The summed E-state index contributed by atoms with van der Waals surface area (Å²) < 4.78 is 26.9. The fourth-order valence-corrected chi connectivity index (χ4v) is 5.72. The van der Waals surface area contributed by atoms with Gasteiger partial charge < -0.3 is 4.90 Å². The van der Waals surface area contributed by atoms with Gasteiger partial charge in [0.15, 0.2) is 0 Å². The maximum absolute atomic E-state index is 12.5. The summed E-state index contributed by atoms with van der Waals surface area (Å²) in [7, 11) is -0.917. The number of likely N-dealkylation sites (N-methyl/N-ethyl adjacent to an activating group) is 1. The Balaban J connectivity index is 1.56. The Morgan fingerprint density at radius 2 is 1.70 bits per heavy atom. The van der Waals surface area contributed by atoms with Crippen LogP contribution >= 0.6 is 0 Å². The molecule has 23 heavy (non-hydrogen) atoms. The van der Waals surface area contributed by atoms with Crippen molar-refractivity contribution in [3.8, 4) is 0 Å². The van der Waals surface area contributed by atoms with E-state index in [1.54, 1.807) is 4.31 Å². The highest BCUT2D eigenvalue weighted by Gasteiger charge is 2.43. The molecule has 4 rings (SSSR count). The molecule has 1 aliphatic carbocycles. The molecule has 2 fully saturated rings. The highest BCUT2D eigenvalue weighted by Crippen LogP contribution is 2.32. The van der Waals surface area contributed by atoms with Gasteiger partial charge in [0.2, 0.25) is 10.0 Å². The maximum atomic E-state index is 12.5. The monoisotopic (exact) mass is 335 g/mol. The van der Waals surface area contributed by atoms with Gasteiger partial charge >= 0.3 is 0 Å². The first-order valence-electron chi connectivity index (χ1n) is 8.52. The molecule has 5 nitrogen and oxygen atoms in total. The molecule has 3 aliphatic rings. The Bertz CT molecular complexity index is 687. The van der Waals surface area contributed by atoms with Gasteiger partial charge in [-0.25, -0.2) is 8.42 Å². The number of benzene rings is 1. The van der Waals surface area contributed by atoms with Gasteiger partial charge in [-0.1, -0.05) is 24.3 Å². The van der Waals surface area contributed by atoms with Crippen LogP contribution in [0.5, 0.6) is 0 Å². The first-order valence-corrected chi connectivity index (χ1v) is 10.0. The van der Waals surface area contributed by atoms with Gasteiger partial charge in [-0.05, 0) is 31.0 Å². The highest BCUT2D eigenvalue weighted by atomic mass is 32.2. The average Bonchev–Trinajstić information content (AvgIpc) is 3.34. The summed E-state index contributed by atoms with van der Waals surface area (Å²) in [4.78, 5) is 4.79. The third-order valence-electron chi connectivity index (χ3n) is 5.33. The first-order chi connectivity index (χ1) is 11.0. The van der Waals surface area contributed by atoms with Gasteiger partial charge in [0, 0.05) is 45.3 Å². The van der Waals surface area contributed by atoms with Crippen LogP contribution in [0.3, 0.4) is 0 Å². The molecule has 1 unspecified atom stereocenters. The van der Waals surface area contributed by atoms with Crippen molar-refractivity contribution in [3.05, 3.63) is 35.4 Å². The number of piperazine rings is 1. The second-order valence-corrected chi connectivity index (χ2v) is 9.41. The van der Waals surface area contributed by atoms with Gasteiger partial charge in [0.1, 0.15) is 0 Å². The number of rotatable bonds is 2. The Morgan fingerprint density at radius 3 is 2.39 bits per heavy atom. The van der Waals surface area contributed by atoms with Gasteiger partial charge in [-0.3, -0.25) is 4.90 Å². The largest absolute Gasteiger partial charge is 0.300 e. The molecular formula is C17H25N3O2S. The molecule has 0 bridgehead atoms. The molecular weight excluding hydrogens is 310 g/mol. The Morgan fingerprint density at radius 1 is 1.00 bits per heavy atom. The van der Waals surface area contributed by atoms with Crippen molar-refractivity contribution in [1.29, 1.82) is 0 Å². The van der Waals surface area contributed by atoms with Gasteiger partial charge in [-0.2, -0.15) is 4.31 Å². The molecule has 2 heterocycles. The van der Waals surface area contributed by atoms with E-state index in [-0.39, 0.29) is 11.3 Å². The normalized spacial score (nSPS) is 27.8. The van der Waals surface area contributed by atoms with E-state index in [9.17, 15) is 8.42 Å². The van der Waals surface area contributed by atoms with Crippen molar-refractivity contribution in [2.45, 2.75) is 37.2 Å². The summed E-state index contributed by atoms with van der Waals surface area (Å²) in [5.74, 6) is 0. The van der Waals surface area contributed by atoms with E-state index in [4.69, 9.17) is 0 Å². The lowest BCUT2D eigenvalue weighted by Crippen LogP contribution is -2.58. The lowest BCUT2D eigenvalue weighted by Gasteiger charge is -2.44. The van der Waals surface area contributed by atoms with E-state index in [0.717, 1.165) is 39.0 Å². The summed E-state index contributed by atoms with van der Waals surface area (Å²) in [5, 5.41) is -0.0962. The average molecular weight is 335 g/mol. The Hall–Kier alpha value is -0.950. The van der Waals surface area contributed by atoms with Crippen LogP contribution in [-0.2, 0) is 23.1 Å². The number of hydrogen-bond donors (Lipinski definition) is 0. The first kappa shape index (κ1) is 15.6. The van der Waals surface area contributed by atoms with Crippen LogP contribution in [0, 0.1) is 0 Å². The van der Waals surface area contributed by atoms with Crippen LogP contribution in [0.2, 0.25) is 0 Å². The summed E-state index contributed by atoms with van der Waals surface area (Å²) >= 11 is 0. The lowest BCUT2D eigenvalue weighted by atomic mass is 10.0. The zero-order chi connectivity index (χ0) is 16.0. The molecule has 0 N–H and O–H groups in total. The number of hydrogen-bond acceptors (Lipinski definition) is 4. The minimum Gasteiger partial charge on any atom is -0.300 e. The fraction of sp³-hybridized carbons (Fsp3) is 0.647. The predicted octanol–water partition coefficient (Wildman–Crippen LogP) is 1.11. The molecule has 0 amide bonds. The van der Waals surface area contributed by atoms with Crippen molar-refractivity contribution < 1.29 is 8.42 Å². The Kier molecular flexibility index (Phi) is 3.96. The van der Waals surface area contributed by atoms with Gasteiger partial charge in [0.05, 0.1) is 5.25 Å². The molecule has 1 aromatic rings. The van der Waals surface area contributed by atoms with E-state index in [1.165, 1.54) is 11.1 Å². The zero-order valence-corrected chi connectivity index (χ0v) is 14.5. The SMILES string of the molecule is CN1Cc2ccccc2CN2CCN(S(=O)(=O)C3CC3)CC2C1. The third kappa shape index (κ3) is 3.05. The van der Waals surface area contributed by atoms with Crippen molar-refractivity contribution >= 4 is 10.0 Å². The van der Waals surface area contributed by atoms with Gasteiger partial charge in [-0.15, -0.1) is 0 Å². The second kappa shape index (κ2) is 5.84. The van der Waals surface area contributed by atoms with E-state index < -0.39 is 10.0 Å². The third-order valence-corrected chi connectivity index (χ3v) is 7.69. The Labute approximate surface area is 138 Å². The minimum atomic E-state index is -3.05. The molecule has 1 aromatic carbocycles. The maximum Gasteiger partial charge on any atom is 0.217 e. The van der Waals surface area contributed by atoms with Crippen LogP contribution in [0.15, 0.2) is 24.3 Å². The van der Waals surface area contributed by atoms with E-state index >= 15 is 0 Å². The quantitative estimate of drug-likeness (QED) is 0.812. The van der Waals surface area contributed by atoms with Gasteiger partial charge in [0.25, 0.3) is 0 Å². The predicted molar refractivity (Wildman–Crippen MR) is 90.5 cm³/mol. The summed E-state index contributed by atoms with van der Waals surface area (Å²) in [5.41, 5.74) is 2.77. The molecule has 1 saturated carbocycles. The number of nitrogens with zero attached hydrogens (tertiary/aromatic N) is 3. The van der Waals surface area contributed by atoms with Crippen LogP contribution in [0.1, 0.15) is 24.0 Å². The van der Waals surface area contributed by atoms with Crippen molar-refractivity contribution in [3.63, 3.8) is 0 Å². The standard InChI is InChI=1S/C17H25N3O2S/c1-18-10-14-4-2-3-5-15(14)11-19-8-9-20(13-16(19)12-18)23(21,22)17-6-7-17/h2-5,16-17H,6-13H2,1H3. The summed E-state index contributed by atoms with van der Waals surface area (Å²) in [6.07, 6.45) is 1.70. The van der Waals surface area contributed by atoms with Crippen molar-refractivity contribution in [2.24, 2.45) is 0 Å². The van der Waals surface area contributed by atoms with Crippen LogP contribution in [-0.4, -0.2) is 67.0 Å². The van der Waals surface area contributed by atoms with E-state index in [2.05, 4.69) is 41.1 Å². The highest BCUT2D eigenvalue weighted by molar-refractivity contribution is 7.90. The fourth-order valence-electron chi connectivity index (χ4n) is 3.85. The second-order valence-electron chi connectivity index (χ2n) is 7.19. The molecule has 1 atom stereocenters. The van der Waals surface area contributed by atoms with E-state index in [0.29, 0.717) is 13.1 Å². The zero-order valence-electron chi connectivity index (χ0n) is 13.7. The molecule has 1 saturated heterocycles. The van der Waals surface area contributed by atoms with Crippen LogP contribution in [0.4, 0.5) is 0 Å². The number of fused-ring (bicyclic) bond motifs is 2. The number of sulfonamides is 1. The molecule has 126 valence electrons. The van der Waals surface area contributed by atoms with Crippen molar-refractivity contribution in [1.82, 2.24) is 14.1 Å². The lowest BCUT2D eigenvalue weighted by molar-refractivity contribution is 0.0766. The van der Waals surface area contributed by atoms with Crippen molar-refractivity contribution in [2.75, 3.05) is 33.2 Å². The topological polar surface area (TPSA) is 43.9 Å². The molecule has 0 aromatic heterocycles. The smallest absolute Gasteiger partial charge is 0.217 e. The summed E-state index contributed by atoms with van der Waals surface area (Å²) in [6, 6.07) is 8.91. The van der Waals surface area contributed by atoms with E-state index in [1.807, 2.05) is 0 Å². The molecule has 0 spiro atoms. The minimum absolute atomic E-state index is 0.0962. The molecule has 6 heteroatoms. The van der Waals surface area contributed by atoms with Crippen LogP contribution < -0.4 is 0 Å². The molecule has 2 aliphatic heterocycles. The summed E-state index contributed by atoms with van der Waals surface area (Å²) in [6.45, 7) is 4.91.